The van der Waals surface area contributed by atoms with Crippen LogP contribution in [0.1, 0.15) is 48.0 Å². The Morgan fingerprint density at radius 1 is 0.904 bits per heavy atom. The van der Waals surface area contributed by atoms with E-state index in [0.29, 0.717) is 54.1 Å². The van der Waals surface area contributed by atoms with E-state index in [2.05, 4.69) is 4.90 Å². The van der Waals surface area contributed by atoms with Gasteiger partial charge >= 0.3 is 12.1 Å². The number of nitrogens with zero attached hydrogens (tertiary/aromatic N) is 4. The molecule has 1 N–H and O–H groups in total. The lowest BCUT2D eigenvalue weighted by Gasteiger charge is -2.35. The maximum Gasteiger partial charge on any atom is 0.490 e. The van der Waals surface area contributed by atoms with Gasteiger partial charge in [-0.15, -0.1) is 0 Å². The Hall–Kier alpha value is -4.27. The maximum absolute atomic E-state index is 13.9. The number of halogens is 6. The van der Waals surface area contributed by atoms with Gasteiger partial charge in [0, 0.05) is 37.3 Å². The molecular formula is C36H38Cl2F4N4O6. The molecule has 0 aromatic heterocycles. The lowest BCUT2D eigenvalue weighted by Crippen LogP contribution is -2.45. The molecule has 5 rings (SSSR count). The van der Waals surface area contributed by atoms with Gasteiger partial charge < -0.3 is 19.8 Å². The first-order chi connectivity index (χ1) is 24.6. The van der Waals surface area contributed by atoms with Crippen molar-refractivity contribution in [3.05, 3.63) is 104 Å². The molecule has 0 saturated carbocycles. The first kappa shape index (κ1) is 40.5. The number of carbonyl (C=O) groups excluding carboxylic acids is 2. The molecule has 2 amide bonds. The normalized spacial score (nSPS) is 15.8. The number of likely N-dealkylation sites (tertiary alicyclic amines) is 2. The van der Waals surface area contributed by atoms with Crippen molar-refractivity contribution in [2.45, 2.75) is 44.7 Å². The molecule has 280 valence electrons. The van der Waals surface area contributed by atoms with Crippen LogP contribution < -0.4 is 4.90 Å². The summed E-state index contributed by atoms with van der Waals surface area (Å²) in [5.41, 5.74) is 1.70. The molecular weight excluding hydrogens is 731 g/mol. The van der Waals surface area contributed by atoms with Gasteiger partial charge in [0.15, 0.2) is 0 Å². The summed E-state index contributed by atoms with van der Waals surface area (Å²) in [6, 6.07) is 17.9. The van der Waals surface area contributed by atoms with Crippen molar-refractivity contribution in [2.24, 2.45) is 11.8 Å². The lowest BCUT2D eigenvalue weighted by atomic mass is 9.90. The van der Waals surface area contributed by atoms with Crippen LogP contribution >= 0.6 is 23.2 Å². The zero-order valence-electron chi connectivity index (χ0n) is 28.0. The van der Waals surface area contributed by atoms with Gasteiger partial charge in [-0.05, 0) is 106 Å². The van der Waals surface area contributed by atoms with Crippen LogP contribution in [-0.2, 0) is 16.0 Å². The van der Waals surface area contributed by atoms with E-state index in [4.69, 9.17) is 33.1 Å². The summed E-state index contributed by atoms with van der Waals surface area (Å²) in [7, 11) is 0. The Labute approximate surface area is 308 Å². The topological polar surface area (TPSA) is 124 Å². The average Bonchev–Trinajstić information content (AvgIpc) is 3.12. The highest BCUT2D eigenvalue weighted by atomic mass is 35.5. The maximum atomic E-state index is 13.9. The summed E-state index contributed by atoms with van der Waals surface area (Å²) in [5, 5.41) is 19.4. The first-order valence-electron chi connectivity index (χ1n) is 16.7. The number of benzene rings is 3. The third kappa shape index (κ3) is 11.4. The molecule has 0 aliphatic carbocycles. The van der Waals surface area contributed by atoms with Crippen molar-refractivity contribution in [1.82, 2.24) is 9.80 Å². The summed E-state index contributed by atoms with van der Waals surface area (Å²) < 4.78 is 45.0. The molecule has 2 aliphatic rings. The van der Waals surface area contributed by atoms with E-state index in [1.165, 1.54) is 35.9 Å². The average molecular weight is 770 g/mol. The molecule has 2 saturated heterocycles. The molecule has 2 heterocycles. The number of rotatable bonds is 10. The summed E-state index contributed by atoms with van der Waals surface area (Å²) in [6.45, 7) is 4.02. The Balaban J connectivity index is 0.000000785. The minimum absolute atomic E-state index is 0.0239. The second kappa shape index (κ2) is 18.5. The van der Waals surface area contributed by atoms with Gasteiger partial charge in [-0.1, -0.05) is 47.5 Å². The third-order valence-electron chi connectivity index (χ3n) is 9.19. The molecule has 16 heteroatoms. The van der Waals surface area contributed by atoms with Gasteiger partial charge in [0.25, 0.3) is 11.6 Å². The van der Waals surface area contributed by atoms with Crippen LogP contribution in [0.5, 0.6) is 0 Å². The number of piperidine rings is 2. The van der Waals surface area contributed by atoms with Crippen LogP contribution in [0, 0.1) is 27.8 Å². The summed E-state index contributed by atoms with van der Waals surface area (Å²) in [4.78, 5) is 52.6. The highest BCUT2D eigenvalue weighted by molar-refractivity contribution is 6.42. The standard InChI is InChI=1S/C34H37Cl2FN4O4.C2HF3O2/c35-30-11-10-28(23-31(30)36)40(17-3-16-38-18-12-25(13-19-38)22-24-6-8-27(37)9-7-24)33(42)26-14-20-39(21-15-26)34(43)29-4-1-2-5-32(29)41(44)45;3-2(4,5)1(6)7/h1-2,4-11,23,25-26H,3,12-22H2;(H,6,7). The van der Waals surface area contributed by atoms with Gasteiger partial charge in [-0.2, -0.15) is 13.2 Å². The fourth-order valence-electron chi connectivity index (χ4n) is 6.37. The van der Waals surface area contributed by atoms with Gasteiger partial charge in [0.05, 0.1) is 15.0 Å². The number of alkyl halides is 3. The van der Waals surface area contributed by atoms with Crippen molar-refractivity contribution < 1.29 is 42.0 Å². The molecule has 0 bridgehead atoms. The van der Waals surface area contributed by atoms with Crippen molar-refractivity contribution >= 4 is 52.4 Å². The molecule has 52 heavy (non-hydrogen) atoms. The largest absolute Gasteiger partial charge is 0.490 e. The number of para-hydroxylation sites is 1. The molecule has 3 aromatic rings. The Morgan fingerprint density at radius 2 is 1.52 bits per heavy atom. The molecule has 0 atom stereocenters. The Kier molecular flexibility index (Phi) is 14.4. The van der Waals surface area contributed by atoms with Crippen LogP contribution in [0.2, 0.25) is 10.0 Å². The number of carboxylic acid groups (broad SMARTS) is 1. The molecule has 0 radical (unpaired) electrons. The Morgan fingerprint density at radius 3 is 2.10 bits per heavy atom. The smallest absolute Gasteiger partial charge is 0.475 e. The van der Waals surface area contributed by atoms with Gasteiger partial charge in [0.1, 0.15) is 11.4 Å². The lowest BCUT2D eigenvalue weighted by molar-refractivity contribution is -0.385. The summed E-state index contributed by atoms with van der Waals surface area (Å²) in [5.74, 6) is -3.10. The van der Waals surface area contributed by atoms with Crippen LogP contribution in [0.4, 0.5) is 28.9 Å². The highest BCUT2D eigenvalue weighted by Crippen LogP contribution is 2.31. The molecule has 0 spiro atoms. The second-order valence-corrected chi connectivity index (χ2v) is 13.5. The number of hydrogen-bond donors (Lipinski definition) is 1. The number of nitro benzene ring substituents is 1. The zero-order chi connectivity index (χ0) is 38.0. The fraction of sp³-hybridized carbons (Fsp3) is 0.417. The number of carboxylic acids is 1. The van der Waals surface area contributed by atoms with Crippen molar-refractivity contribution in [2.75, 3.05) is 44.2 Å². The number of carbonyl (C=O) groups is 3. The van der Waals surface area contributed by atoms with E-state index >= 15 is 0 Å². The van der Waals surface area contributed by atoms with E-state index < -0.39 is 23.0 Å². The third-order valence-corrected chi connectivity index (χ3v) is 9.93. The first-order valence-corrected chi connectivity index (χ1v) is 17.5. The van der Waals surface area contributed by atoms with Crippen LogP contribution in [0.15, 0.2) is 66.7 Å². The second-order valence-electron chi connectivity index (χ2n) is 12.7. The zero-order valence-corrected chi connectivity index (χ0v) is 29.5. The van der Waals surface area contributed by atoms with E-state index in [1.807, 2.05) is 12.1 Å². The van der Waals surface area contributed by atoms with Crippen LogP contribution in [-0.4, -0.2) is 83.1 Å². The predicted molar refractivity (Wildman–Crippen MR) is 188 cm³/mol. The number of amides is 2. The molecule has 3 aromatic carbocycles. The van der Waals surface area contributed by atoms with E-state index in [0.717, 1.165) is 45.3 Å². The summed E-state index contributed by atoms with van der Waals surface area (Å²) in [6.07, 6.45) is -0.258. The molecule has 2 aliphatic heterocycles. The summed E-state index contributed by atoms with van der Waals surface area (Å²) >= 11 is 12.5. The molecule has 10 nitrogen and oxygen atoms in total. The molecule has 2 fully saturated rings. The highest BCUT2D eigenvalue weighted by Gasteiger charge is 2.38. The number of aliphatic carboxylic acids is 1. The van der Waals surface area contributed by atoms with Gasteiger partial charge in [-0.3, -0.25) is 19.7 Å². The Bertz CT molecular complexity index is 1710. The van der Waals surface area contributed by atoms with Crippen LogP contribution in [0.3, 0.4) is 0 Å². The SMILES string of the molecule is O=C(O)C(F)(F)F.O=C(c1ccccc1[N+](=O)[O-])N1CCC(C(=O)N(CCCN2CCC(Cc3ccc(F)cc3)CC2)c2ccc(Cl)c(Cl)c2)CC1. The number of hydrogen-bond acceptors (Lipinski definition) is 6. The quantitative estimate of drug-likeness (QED) is 0.126. The molecule has 0 unspecified atom stereocenters. The minimum atomic E-state index is -5.08. The van der Waals surface area contributed by atoms with Crippen LogP contribution in [0.25, 0.3) is 0 Å². The van der Waals surface area contributed by atoms with Gasteiger partial charge in [0.2, 0.25) is 5.91 Å². The van der Waals surface area contributed by atoms with Crippen molar-refractivity contribution in [1.29, 1.82) is 0 Å². The monoisotopic (exact) mass is 768 g/mol. The van der Waals surface area contributed by atoms with Gasteiger partial charge in [-0.25, -0.2) is 9.18 Å². The fourth-order valence-corrected chi connectivity index (χ4v) is 6.67. The minimum Gasteiger partial charge on any atom is -0.475 e. The predicted octanol–water partition coefficient (Wildman–Crippen LogP) is 7.90. The number of anilines is 1. The van der Waals surface area contributed by atoms with E-state index in [-0.39, 0.29) is 28.9 Å². The van der Waals surface area contributed by atoms with E-state index in [9.17, 15) is 37.3 Å². The number of nitro groups is 1. The van der Waals surface area contributed by atoms with Crippen molar-refractivity contribution in [3.8, 4) is 0 Å². The van der Waals surface area contributed by atoms with E-state index in [1.54, 1.807) is 34.1 Å². The van der Waals surface area contributed by atoms with Crippen molar-refractivity contribution in [3.63, 3.8) is 0 Å².